The van der Waals surface area contributed by atoms with Crippen LogP contribution in [-0.4, -0.2) is 25.4 Å². The zero-order chi connectivity index (χ0) is 13.8. The van der Waals surface area contributed by atoms with Crippen LogP contribution < -0.4 is 10.5 Å². The first-order valence-corrected chi connectivity index (χ1v) is 8.15. The van der Waals surface area contributed by atoms with Gasteiger partial charge in [0.2, 0.25) is 0 Å². The third-order valence-corrected chi connectivity index (χ3v) is 4.40. The molecule has 2 unspecified atom stereocenters. The van der Waals surface area contributed by atoms with Gasteiger partial charge in [0.25, 0.3) is 0 Å². The molecule has 1 aromatic rings. The van der Waals surface area contributed by atoms with E-state index in [4.69, 9.17) is 15.2 Å². The van der Waals surface area contributed by atoms with Gasteiger partial charge in [0.15, 0.2) is 0 Å². The quantitative estimate of drug-likeness (QED) is 0.831. The van der Waals surface area contributed by atoms with Crippen LogP contribution in [0.25, 0.3) is 0 Å². The zero-order valence-corrected chi connectivity index (χ0v) is 14.2. The minimum absolute atomic E-state index is 0.206. The van der Waals surface area contributed by atoms with Crippen LogP contribution in [0.5, 0.6) is 5.75 Å². The molecule has 3 nitrogen and oxygen atoms in total. The first kappa shape index (κ1) is 15.3. The Bertz CT molecular complexity index is 416. The summed E-state index contributed by atoms with van der Waals surface area (Å²) >= 11 is 7.11. The number of hydrogen-bond acceptors (Lipinski definition) is 3. The fourth-order valence-corrected chi connectivity index (χ4v) is 3.76. The second kappa shape index (κ2) is 7.07. The largest absolute Gasteiger partial charge is 0.489 e. The summed E-state index contributed by atoms with van der Waals surface area (Å²) in [6.45, 7) is 3.35. The molecule has 1 saturated heterocycles. The molecule has 106 valence electrons. The van der Waals surface area contributed by atoms with Crippen LogP contribution in [0.1, 0.15) is 25.3 Å². The SMILES string of the molecule is CC1CCC(COc2c(Br)cc(CCN)cc2Br)O1. The van der Waals surface area contributed by atoms with Gasteiger partial charge < -0.3 is 15.2 Å². The summed E-state index contributed by atoms with van der Waals surface area (Å²) in [6, 6.07) is 4.12. The van der Waals surface area contributed by atoms with E-state index < -0.39 is 0 Å². The Morgan fingerprint density at radius 1 is 1.32 bits per heavy atom. The lowest BCUT2D eigenvalue weighted by molar-refractivity contribution is 0.0261. The summed E-state index contributed by atoms with van der Waals surface area (Å²) in [5.41, 5.74) is 6.77. The molecule has 1 aliphatic rings. The maximum atomic E-state index is 5.88. The average Bonchev–Trinajstić information content (AvgIpc) is 2.74. The van der Waals surface area contributed by atoms with Gasteiger partial charge in [-0.1, -0.05) is 0 Å². The number of benzene rings is 1. The third kappa shape index (κ3) is 4.18. The van der Waals surface area contributed by atoms with Crippen LogP contribution in [0.4, 0.5) is 0 Å². The fourth-order valence-electron chi connectivity index (χ4n) is 2.25. The molecule has 0 amide bonds. The highest BCUT2D eigenvalue weighted by Crippen LogP contribution is 2.35. The van der Waals surface area contributed by atoms with Crippen LogP contribution >= 0.6 is 31.9 Å². The van der Waals surface area contributed by atoms with E-state index >= 15 is 0 Å². The van der Waals surface area contributed by atoms with Gasteiger partial charge in [-0.2, -0.15) is 0 Å². The van der Waals surface area contributed by atoms with Crippen LogP contribution in [0.2, 0.25) is 0 Å². The van der Waals surface area contributed by atoms with E-state index in [2.05, 4.69) is 50.9 Å². The number of rotatable bonds is 5. The fraction of sp³-hybridized carbons (Fsp3) is 0.571. The molecule has 1 heterocycles. The molecule has 1 fully saturated rings. The molecular weight excluding hydrogens is 374 g/mol. The zero-order valence-electron chi connectivity index (χ0n) is 11.0. The Balaban J connectivity index is 2.00. The van der Waals surface area contributed by atoms with E-state index in [1.165, 1.54) is 5.56 Å². The Kier molecular flexibility index (Phi) is 5.69. The van der Waals surface area contributed by atoms with Crippen molar-refractivity contribution in [3.63, 3.8) is 0 Å². The van der Waals surface area contributed by atoms with Gasteiger partial charge in [0, 0.05) is 0 Å². The topological polar surface area (TPSA) is 44.5 Å². The van der Waals surface area contributed by atoms with Gasteiger partial charge in [-0.3, -0.25) is 0 Å². The van der Waals surface area contributed by atoms with Crippen molar-refractivity contribution in [2.45, 2.75) is 38.4 Å². The maximum Gasteiger partial charge on any atom is 0.147 e. The van der Waals surface area contributed by atoms with Crippen LogP contribution in [-0.2, 0) is 11.2 Å². The van der Waals surface area contributed by atoms with E-state index in [-0.39, 0.29) is 6.10 Å². The smallest absolute Gasteiger partial charge is 0.147 e. The van der Waals surface area contributed by atoms with Crippen molar-refractivity contribution in [1.29, 1.82) is 0 Å². The first-order chi connectivity index (χ1) is 9.10. The lowest BCUT2D eigenvalue weighted by Gasteiger charge is -2.15. The summed E-state index contributed by atoms with van der Waals surface area (Å²) in [6.07, 6.45) is 3.61. The molecule has 1 aliphatic heterocycles. The lowest BCUT2D eigenvalue weighted by Crippen LogP contribution is -2.18. The molecule has 2 rings (SSSR count). The molecule has 0 aromatic heterocycles. The van der Waals surface area contributed by atoms with E-state index in [0.717, 1.165) is 34.0 Å². The summed E-state index contributed by atoms with van der Waals surface area (Å²) < 4.78 is 13.5. The van der Waals surface area contributed by atoms with Gasteiger partial charge in [-0.15, -0.1) is 0 Å². The molecule has 0 bridgehead atoms. The number of ether oxygens (including phenoxy) is 2. The third-order valence-electron chi connectivity index (χ3n) is 3.22. The lowest BCUT2D eigenvalue weighted by atomic mass is 10.1. The van der Waals surface area contributed by atoms with Crippen molar-refractivity contribution in [2.24, 2.45) is 5.73 Å². The van der Waals surface area contributed by atoms with Gasteiger partial charge in [-0.05, 0) is 82.3 Å². The van der Waals surface area contributed by atoms with Crippen LogP contribution in [0.15, 0.2) is 21.1 Å². The predicted molar refractivity (Wildman–Crippen MR) is 83.7 cm³/mol. The molecule has 5 heteroatoms. The van der Waals surface area contributed by atoms with Gasteiger partial charge >= 0.3 is 0 Å². The van der Waals surface area contributed by atoms with Gasteiger partial charge in [0.1, 0.15) is 12.4 Å². The minimum atomic E-state index is 0.206. The Hall–Kier alpha value is -0.100. The molecule has 0 spiro atoms. The maximum absolute atomic E-state index is 5.88. The van der Waals surface area contributed by atoms with Crippen LogP contribution in [0.3, 0.4) is 0 Å². The van der Waals surface area contributed by atoms with E-state index in [1.807, 2.05) is 0 Å². The standard InChI is InChI=1S/C14H19Br2NO2/c1-9-2-3-11(19-9)8-18-14-12(15)6-10(4-5-17)7-13(14)16/h6-7,9,11H,2-5,8,17H2,1H3. The molecule has 0 saturated carbocycles. The van der Waals surface area contributed by atoms with Crippen LogP contribution in [0, 0.1) is 0 Å². The van der Waals surface area contributed by atoms with Crippen molar-refractivity contribution in [3.05, 3.63) is 26.6 Å². The number of nitrogens with two attached hydrogens (primary N) is 1. The van der Waals surface area contributed by atoms with E-state index in [0.29, 0.717) is 19.3 Å². The van der Waals surface area contributed by atoms with Gasteiger partial charge in [0.05, 0.1) is 21.2 Å². The second-order valence-corrected chi connectivity index (χ2v) is 6.59. The van der Waals surface area contributed by atoms with Crippen molar-refractivity contribution >= 4 is 31.9 Å². The minimum Gasteiger partial charge on any atom is -0.489 e. The monoisotopic (exact) mass is 391 g/mol. The summed E-state index contributed by atoms with van der Waals surface area (Å²) in [7, 11) is 0. The second-order valence-electron chi connectivity index (χ2n) is 4.88. The molecule has 2 atom stereocenters. The van der Waals surface area contributed by atoms with Crippen molar-refractivity contribution in [1.82, 2.24) is 0 Å². The van der Waals surface area contributed by atoms with Crippen molar-refractivity contribution < 1.29 is 9.47 Å². The normalized spacial score (nSPS) is 22.7. The Morgan fingerprint density at radius 3 is 2.53 bits per heavy atom. The average molecular weight is 393 g/mol. The van der Waals surface area contributed by atoms with Gasteiger partial charge in [-0.25, -0.2) is 0 Å². The summed E-state index contributed by atoms with van der Waals surface area (Å²) in [5.74, 6) is 0.837. The highest BCUT2D eigenvalue weighted by atomic mass is 79.9. The predicted octanol–water partition coefficient (Wildman–Crippen LogP) is 3.66. The molecule has 2 N–H and O–H groups in total. The van der Waals surface area contributed by atoms with E-state index in [1.54, 1.807) is 0 Å². The van der Waals surface area contributed by atoms with E-state index in [9.17, 15) is 0 Å². The van der Waals surface area contributed by atoms with Crippen molar-refractivity contribution in [3.8, 4) is 5.75 Å². The summed E-state index contributed by atoms with van der Waals surface area (Å²) in [4.78, 5) is 0. The number of halogens is 2. The highest BCUT2D eigenvalue weighted by Gasteiger charge is 2.23. The molecule has 19 heavy (non-hydrogen) atoms. The molecule has 0 radical (unpaired) electrons. The molecular formula is C14H19Br2NO2. The Morgan fingerprint density at radius 2 is 2.00 bits per heavy atom. The molecule has 1 aromatic carbocycles. The highest BCUT2D eigenvalue weighted by molar-refractivity contribution is 9.11. The first-order valence-electron chi connectivity index (χ1n) is 6.56. The Labute approximate surface area is 131 Å². The summed E-state index contributed by atoms with van der Waals surface area (Å²) in [5, 5.41) is 0. The number of hydrogen-bond donors (Lipinski definition) is 1. The molecule has 0 aliphatic carbocycles. The van der Waals surface area contributed by atoms with Crippen molar-refractivity contribution in [2.75, 3.05) is 13.2 Å².